The Morgan fingerprint density at radius 3 is 2.32 bits per heavy atom. The minimum Gasteiger partial charge on any atom is -0.466 e. The van der Waals surface area contributed by atoms with Crippen LogP contribution in [0.1, 0.15) is 27.2 Å². The third-order valence-corrected chi connectivity index (χ3v) is 3.49. The second-order valence-electron chi connectivity index (χ2n) is 5.39. The third kappa shape index (κ3) is 6.30. The topological polar surface area (TPSA) is 163 Å². The minimum absolute atomic E-state index is 0.0900. The van der Waals surface area contributed by atoms with Gasteiger partial charge in [-0.25, -0.2) is 0 Å². The van der Waals surface area contributed by atoms with Crippen LogP contribution in [0.25, 0.3) is 0 Å². The van der Waals surface area contributed by atoms with Crippen molar-refractivity contribution in [1.82, 2.24) is 0 Å². The van der Waals surface area contributed by atoms with E-state index in [1.165, 1.54) is 6.92 Å². The number of ether oxygens (including phenoxy) is 2. The van der Waals surface area contributed by atoms with Gasteiger partial charge in [-0.2, -0.15) is 5.10 Å². The molecule has 0 aliphatic heterocycles. The Morgan fingerprint density at radius 2 is 1.79 bits per heavy atom. The Kier molecular flexibility index (Phi) is 8.46. The maximum absolute atomic E-state index is 12.1. The zero-order valence-electron chi connectivity index (χ0n) is 15.5. The molecule has 0 fully saturated rings. The second-order valence-corrected chi connectivity index (χ2v) is 5.39. The maximum Gasteiger partial charge on any atom is 0.315 e. The number of nitro benzene ring substituents is 2. The lowest BCUT2D eigenvalue weighted by Gasteiger charge is -2.15. The summed E-state index contributed by atoms with van der Waals surface area (Å²) >= 11 is 0. The lowest BCUT2D eigenvalue weighted by molar-refractivity contribution is -0.393. The van der Waals surface area contributed by atoms with Gasteiger partial charge < -0.3 is 9.47 Å². The summed E-state index contributed by atoms with van der Waals surface area (Å²) < 4.78 is 9.75. The van der Waals surface area contributed by atoms with Crippen molar-refractivity contribution in [2.24, 2.45) is 11.0 Å². The molecule has 28 heavy (non-hydrogen) atoms. The lowest BCUT2D eigenvalue weighted by atomic mass is 10.0. The van der Waals surface area contributed by atoms with Crippen molar-refractivity contribution >= 4 is 34.7 Å². The highest BCUT2D eigenvalue weighted by Gasteiger charge is 2.27. The number of hydrogen-bond acceptors (Lipinski definition) is 10. The third-order valence-electron chi connectivity index (χ3n) is 3.49. The Hall–Kier alpha value is -3.57. The predicted molar refractivity (Wildman–Crippen MR) is 97.9 cm³/mol. The molecular weight excluding hydrogens is 376 g/mol. The van der Waals surface area contributed by atoms with E-state index in [4.69, 9.17) is 9.47 Å². The first-order chi connectivity index (χ1) is 13.2. The van der Waals surface area contributed by atoms with Crippen molar-refractivity contribution in [3.63, 3.8) is 0 Å². The molecule has 1 aromatic carbocycles. The Balaban J connectivity index is 3.11. The monoisotopic (exact) mass is 396 g/mol. The molecule has 12 nitrogen and oxygen atoms in total. The molecule has 0 saturated carbocycles. The molecule has 0 radical (unpaired) electrons. The smallest absolute Gasteiger partial charge is 0.315 e. The van der Waals surface area contributed by atoms with E-state index in [0.717, 1.165) is 18.2 Å². The summed E-state index contributed by atoms with van der Waals surface area (Å²) in [6, 6.07) is 2.98. The first-order valence-corrected chi connectivity index (χ1v) is 8.26. The van der Waals surface area contributed by atoms with E-state index in [1.54, 1.807) is 13.8 Å². The molecule has 0 aliphatic rings. The summed E-state index contributed by atoms with van der Waals surface area (Å²) in [5, 5.41) is 25.8. The van der Waals surface area contributed by atoms with Gasteiger partial charge in [0.1, 0.15) is 11.6 Å². The standard InChI is InChI=1S/C16H20N4O8/c1-4-27-15(21)9-12(16(22)28-5-2)10(3)17-18-13-7-6-11(19(23)24)8-14(13)20(25)26/h6-8,12,18H,4-5,9H2,1-3H3/b17-10+. The van der Waals surface area contributed by atoms with Crippen molar-refractivity contribution < 1.29 is 28.9 Å². The molecular formula is C16H20N4O8. The number of rotatable bonds is 10. The molecule has 1 aromatic rings. The minimum atomic E-state index is -1.05. The summed E-state index contributed by atoms with van der Waals surface area (Å²) in [5.74, 6) is -2.38. The highest BCUT2D eigenvalue weighted by molar-refractivity contribution is 6.03. The molecule has 1 atom stereocenters. The van der Waals surface area contributed by atoms with Crippen LogP contribution in [0.3, 0.4) is 0 Å². The molecule has 152 valence electrons. The molecule has 0 amide bonds. The number of nitrogens with one attached hydrogen (secondary N) is 1. The fraction of sp³-hybridized carbons (Fsp3) is 0.438. The lowest BCUT2D eigenvalue weighted by Crippen LogP contribution is -2.28. The average molecular weight is 396 g/mol. The van der Waals surface area contributed by atoms with Gasteiger partial charge in [0.05, 0.1) is 35.5 Å². The van der Waals surface area contributed by atoms with E-state index < -0.39 is 39.1 Å². The highest BCUT2D eigenvalue weighted by Crippen LogP contribution is 2.29. The van der Waals surface area contributed by atoms with E-state index in [-0.39, 0.29) is 31.0 Å². The van der Waals surface area contributed by atoms with Gasteiger partial charge in [0.2, 0.25) is 0 Å². The van der Waals surface area contributed by atoms with Gasteiger partial charge in [-0.3, -0.25) is 35.2 Å². The number of hydrazone groups is 1. The first kappa shape index (κ1) is 22.5. The largest absolute Gasteiger partial charge is 0.466 e. The van der Waals surface area contributed by atoms with Crippen LogP contribution in [0.5, 0.6) is 0 Å². The zero-order valence-corrected chi connectivity index (χ0v) is 15.5. The summed E-state index contributed by atoms with van der Waals surface area (Å²) in [6.45, 7) is 4.88. The summed E-state index contributed by atoms with van der Waals surface area (Å²) in [7, 11) is 0. The number of esters is 2. The van der Waals surface area contributed by atoms with Crippen LogP contribution in [0.4, 0.5) is 17.1 Å². The van der Waals surface area contributed by atoms with E-state index in [9.17, 15) is 29.8 Å². The summed E-state index contributed by atoms with van der Waals surface area (Å²) in [5.41, 5.74) is 1.39. The number of carbonyl (C=O) groups is 2. The number of nitrogens with zero attached hydrogens (tertiary/aromatic N) is 3. The summed E-state index contributed by atoms with van der Waals surface area (Å²) in [6.07, 6.45) is -0.313. The van der Waals surface area contributed by atoms with E-state index in [0.29, 0.717) is 0 Å². The molecule has 0 aromatic heterocycles. The first-order valence-electron chi connectivity index (χ1n) is 8.26. The molecule has 0 saturated heterocycles. The maximum atomic E-state index is 12.1. The number of non-ortho nitro benzene ring substituents is 1. The van der Waals surface area contributed by atoms with Crippen LogP contribution >= 0.6 is 0 Å². The molecule has 1 rings (SSSR count). The fourth-order valence-electron chi connectivity index (χ4n) is 2.14. The number of anilines is 1. The van der Waals surface area contributed by atoms with Gasteiger partial charge in [-0.15, -0.1) is 0 Å². The Labute approximate surface area is 159 Å². The normalized spacial score (nSPS) is 12.0. The number of nitro groups is 2. The van der Waals surface area contributed by atoms with Gasteiger partial charge in [0.25, 0.3) is 5.69 Å². The fourth-order valence-corrected chi connectivity index (χ4v) is 2.14. The molecule has 1 N–H and O–H groups in total. The van der Waals surface area contributed by atoms with Crippen LogP contribution in [-0.2, 0) is 19.1 Å². The van der Waals surface area contributed by atoms with Gasteiger partial charge in [-0.05, 0) is 26.8 Å². The molecule has 0 aliphatic carbocycles. The van der Waals surface area contributed by atoms with Crippen molar-refractivity contribution in [1.29, 1.82) is 0 Å². The Bertz CT molecular complexity index is 793. The van der Waals surface area contributed by atoms with Crippen LogP contribution in [0.15, 0.2) is 23.3 Å². The quantitative estimate of drug-likeness (QED) is 0.271. The van der Waals surface area contributed by atoms with Crippen LogP contribution in [0, 0.1) is 26.1 Å². The summed E-state index contributed by atoms with van der Waals surface area (Å²) in [4.78, 5) is 44.2. The molecule has 1 unspecified atom stereocenters. The highest BCUT2D eigenvalue weighted by atomic mass is 16.6. The van der Waals surface area contributed by atoms with Crippen molar-refractivity contribution in [3.05, 3.63) is 38.4 Å². The Morgan fingerprint density at radius 1 is 1.14 bits per heavy atom. The van der Waals surface area contributed by atoms with Gasteiger partial charge in [0, 0.05) is 11.8 Å². The van der Waals surface area contributed by atoms with Gasteiger partial charge in [-0.1, -0.05) is 0 Å². The van der Waals surface area contributed by atoms with Gasteiger partial charge >= 0.3 is 17.6 Å². The number of hydrogen-bond donors (Lipinski definition) is 1. The second kappa shape index (κ2) is 10.5. The molecule has 0 spiro atoms. The number of benzene rings is 1. The van der Waals surface area contributed by atoms with Crippen molar-refractivity contribution in [2.75, 3.05) is 18.6 Å². The van der Waals surface area contributed by atoms with Crippen molar-refractivity contribution in [3.8, 4) is 0 Å². The van der Waals surface area contributed by atoms with E-state index in [1.807, 2.05) is 0 Å². The van der Waals surface area contributed by atoms with Crippen molar-refractivity contribution in [2.45, 2.75) is 27.2 Å². The molecule has 0 heterocycles. The predicted octanol–water partition coefficient (Wildman–Crippen LogP) is 2.42. The number of carbonyl (C=O) groups excluding carboxylic acids is 2. The molecule has 0 bridgehead atoms. The zero-order chi connectivity index (χ0) is 21.3. The van der Waals surface area contributed by atoms with Crippen LogP contribution in [-0.4, -0.2) is 40.7 Å². The van der Waals surface area contributed by atoms with Gasteiger partial charge in [0.15, 0.2) is 0 Å². The van der Waals surface area contributed by atoms with E-state index >= 15 is 0 Å². The molecule has 12 heteroatoms. The SMILES string of the molecule is CCOC(=O)CC(C(=O)OCC)/C(C)=N/Nc1ccc([N+](=O)[O-])cc1[N+](=O)[O-]. The van der Waals surface area contributed by atoms with Crippen LogP contribution < -0.4 is 5.43 Å². The average Bonchev–Trinajstić information content (AvgIpc) is 2.64. The van der Waals surface area contributed by atoms with Crippen LogP contribution in [0.2, 0.25) is 0 Å². The van der Waals surface area contributed by atoms with E-state index in [2.05, 4.69) is 10.5 Å².